The molecule has 0 saturated carbocycles. The van der Waals surface area contributed by atoms with Gasteiger partial charge in [-0.1, -0.05) is 39.5 Å². The second-order valence-corrected chi connectivity index (χ2v) is 5.68. The van der Waals surface area contributed by atoms with Gasteiger partial charge in [0.25, 0.3) is 0 Å². The quantitative estimate of drug-likeness (QED) is 0.664. The molecule has 0 radical (unpaired) electrons. The summed E-state index contributed by atoms with van der Waals surface area (Å²) >= 11 is 0. The highest BCUT2D eigenvalue weighted by atomic mass is 16.2. The summed E-state index contributed by atoms with van der Waals surface area (Å²) in [6.07, 6.45) is 8.14. The molecule has 0 atom stereocenters. The van der Waals surface area contributed by atoms with Crippen LogP contribution in [-0.2, 0) is 14.4 Å². The SMILES string of the molecule is CCCCCC(=O)N(C)C.CCCCCC(=O)NC.CNC(C)=O. The fourth-order valence-corrected chi connectivity index (χ4v) is 1.41. The molecule has 0 aliphatic rings. The number of carbonyl (C=O) groups is 3. The predicted molar refractivity (Wildman–Crippen MR) is 101 cm³/mol. The molecule has 0 aromatic heterocycles. The van der Waals surface area contributed by atoms with Gasteiger partial charge in [-0.25, -0.2) is 0 Å². The maximum Gasteiger partial charge on any atom is 0.222 e. The first kappa shape index (κ1) is 27.3. The normalized spacial score (nSPS) is 8.79. The molecule has 0 unspecified atom stereocenters. The molecule has 0 aromatic rings. The molecule has 0 aliphatic carbocycles. The van der Waals surface area contributed by atoms with E-state index < -0.39 is 0 Å². The van der Waals surface area contributed by atoms with E-state index in [-0.39, 0.29) is 17.7 Å². The van der Waals surface area contributed by atoms with Crippen molar-refractivity contribution in [2.45, 2.75) is 72.1 Å². The molecule has 0 bridgehead atoms. The van der Waals surface area contributed by atoms with Crippen LogP contribution in [0, 0.1) is 0 Å². The molecule has 24 heavy (non-hydrogen) atoms. The van der Waals surface area contributed by atoms with Crippen LogP contribution in [0.5, 0.6) is 0 Å². The molecular formula is C18H39N3O3. The predicted octanol–water partition coefficient (Wildman–Crippen LogP) is 2.72. The Morgan fingerprint density at radius 2 is 1.21 bits per heavy atom. The number of unbranched alkanes of at least 4 members (excludes halogenated alkanes) is 4. The Hall–Kier alpha value is -1.59. The van der Waals surface area contributed by atoms with Crippen LogP contribution in [0.2, 0.25) is 0 Å². The molecule has 2 N–H and O–H groups in total. The number of amides is 3. The van der Waals surface area contributed by atoms with Gasteiger partial charge in [0.05, 0.1) is 0 Å². The highest BCUT2D eigenvalue weighted by Crippen LogP contribution is 2.00. The third-order valence-corrected chi connectivity index (χ3v) is 3.13. The van der Waals surface area contributed by atoms with Gasteiger partial charge in [-0.2, -0.15) is 0 Å². The average molecular weight is 346 g/mol. The molecule has 0 saturated heterocycles. The molecule has 0 heterocycles. The summed E-state index contributed by atoms with van der Waals surface area (Å²) in [6.45, 7) is 5.74. The number of nitrogens with one attached hydrogen (secondary N) is 2. The van der Waals surface area contributed by atoms with Gasteiger partial charge in [0.15, 0.2) is 0 Å². The Labute approximate surface area is 148 Å². The first-order valence-corrected chi connectivity index (χ1v) is 8.85. The van der Waals surface area contributed by atoms with Gasteiger partial charge >= 0.3 is 0 Å². The third-order valence-electron chi connectivity index (χ3n) is 3.13. The maximum atomic E-state index is 10.9. The lowest BCUT2D eigenvalue weighted by atomic mass is 10.2. The molecule has 144 valence electrons. The van der Waals surface area contributed by atoms with E-state index in [9.17, 15) is 14.4 Å². The molecule has 0 spiro atoms. The highest BCUT2D eigenvalue weighted by Gasteiger charge is 2.01. The second-order valence-electron chi connectivity index (χ2n) is 5.68. The smallest absolute Gasteiger partial charge is 0.222 e. The van der Waals surface area contributed by atoms with Crippen molar-refractivity contribution in [3.05, 3.63) is 0 Å². The van der Waals surface area contributed by atoms with Crippen LogP contribution in [0.4, 0.5) is 0 Å². The lowest BCUT2D eigenvalue weighted by Crippen LogP contribution is -2.20. The monoisotopic (exact) mass is 345 g/mol. The summed E-state index contributed by atoms with van der Waals surface area (Å²) in [6, 6.07) is 0. The molecule has 0 aliphatic heterocycles. The van der Waals surface area contributed by atoms with Crippen LogP contribution < -0.4 is 10.6 Å². The van der Waals surface area contributed by atoms with Crippen molar-refractivity contribution in [3.8, 4) is 0 Å². The van der Waals surface area contributed by atoms with E-state index in [1.165, 1.54) is 26.2 Å². The molecular weight excluding hydrogens is 306 g/mol. The third kappa shape index (κ3) is 28.6. The molecule has 3 amide bonds. The van der Waals surface area contributed by atoms with E-state index in [4.69, 9.17) is 0 Å². The maximum absolute atomic E-state index is 10.9. The van der Waals surface area contributed by atoms with E-state index >= 15 is 0 Å². The Balaban J connectivity index is -0.000000291. The van der Waals surface area contributed by atoms with Gasteiger partial charge in [0.1, 0.15) is 0 Å². The van der Waals surface area contributed by atoms with E-state index in [0.29, 0.717) is 12.8 Å². The van der Waals surface area contributed by atoms with Crippen LogP contribution in [0.25, 0.3) is 0 Å². The van der Waals surface area contributed by atoms with Gasteiger partial charge in [-0.3, -0.25) is 14.4 Å². The minimum absolute atomic E-state index is 0.00463. The van der Waals surface area contributed by atoms with E-state index in [0.717, 1.165) is 19.3 Å². The number of hydrogen-bond acceptors (Lipinski definition) is 3. The van der Waals surface area contributed by atoms with Crippen molar-refractivity contribution in [2.24, 2.45) is 0 Å². The van der Waals surface area contributed by atoms with E-state index in [1.54, 1.807) is 33.1 Å². The van der Waals surface area contributed by atoms with E-state index in [2.05, 4.69) is 24.5 Å². The minimum atomic E-state index is 0.00463. The minimum Gasteiger partial charge on any atom is -0.359 e. The zero-order valence-electron chi connectivity index (χ0n) is 16.8. The zero-order valence-corrected chi connectivity index (χ0v) is 16.8. The van der Waals surface area contributed by atoms with Crippen LogP contribution in [0.1, 0.15) is 72.1 Å². The molecule has 6 nitrogen and oxygen atoms in total. The standard InChI is InChI=1S/C8H17NO.C7H15NO.C3H7NO/c1-4-5-6-7-8(10)9(2)3;1-3-4-5-6-7(9)8-2;1-3(5)4-2/h4-7H2,1-3H3;3-6H2,1-2H3,(H,8,9);1-2H3,(H,4,5). The number of rotatable bonds is 8. The van der Waals surface area contributed by atoms with Crippen molar-refractivity contribution in [2.75, 3.05) is 28.2 Å². The highest BCUT2D eigenvalue weighted by molar-refractivity contribution is 5.75. The van der Waals surface area contributed by atoms with Crippen molar-refractivity contribution in [1.29, 1.82) is 0 Å². The summed E-state index contributed by atoms with van der Waals surface area (Å²) in [4.78, 5) is 32.9. The van der Waals surface area contributed by atoms with Gasteiger partial charge in [-0.05, 0) is 12.8 Å². The Morgan fingerprint density at radius 3 is 1.50 bits per heavy atom. The Morgan fingerprint density at radius 1 is 0.792 bits per heavy atom. The first-order chi connectivity index (χ1) is 11.3. The van der Waals surface area contributed by atoms with Crippen LogP contribution in [-0.4, -0.2) is 50.8 Å². The summed E-state index contributed by atoms with van der Waals surface area (Å²) < 4.78 is 0. The Bertz CT molecular complexity index is 319. The van der Waals surface area contributed by atoms with Crippen LogP contribution >= 0.6 is 0 Å². The largest absolute Gasteiger partial charge is 0.359 e. The van der Waals surface area contributed by atoms with Crippen LogP contribution in [0.3, 0.4) is 0 Å². The fraction of sp³-hybridized carbons (Fsp3) is 0.833. The lowest BCUT2D eigenvalue weighted by Gasteiger charge is -2.08. The molecule has 0 rings (SSSR count). The second kappa shape index (κ2) is 21.4. The summed E-state index contributed by atoms with van der Waals surface area (Å²) in [5.74, 6) is 0.405. The van der Waals surface area contributed by atoms with Gasteiger partial charge in [0, 0.05) is 48.0 Å². The molecule has 0 fully saturated rings. The lowest BCUT2D eigenvalue weighted by molar-refractivity contribution is -0.128. The van der Waals surface area contributed by atoms with Gasteiger partial charge in [-0.15, -0.1) is 0 Å². The fourth-order valence-electron chi connectivity index (χ4n) is 1.41. The van der Waals surface area contributed by atoms with Crippen molar-refractivity contribution >= 4 is 17.7 Å². The van der Waals surface area contributed by atoms with Crippen molar-refractivity contribution < 1.29 is 14.4 Å². The summed E-state index contributed by atoms with van der Waals surface area (Å²) in [5.41, 5.74) is 0. The van der Waals surface area contributed by atoms with Gasteiger partial charge in [0.2, 0.25) is 17.7 Å². The zero-order chi connectivity index (χ0) is 19.4. The van der Waals surface area contributed by atoms with Crippen molar-refractivity contribution in [1.82, 2.24) is 15.5 Å². The van der Waals surface area contributed by atoms with Crippen LogP contribution in [0.15, 0.2) is 0 Å². The van der Waals surface area contributed by atoms with E-state index in [1.807, 2.05) is 0 Å². The molecule has 6 heteroatoms. The first-order valence-electron chi connectivity index (χ1n) is 8.85. The summed E-state index contributed by atoms with van der Waals surface area (Å²) in [5, 5.41) is 4.97. The van der Waals surface area contributed by atoms with Crippen molar-refractivity contribution in [3.63, 3.8) is 0 Å². The average Bonchev–Trinajstić information content (AvgIpc) is 2.56. The summed E-state index contributed by atoms with van der Waals surface area (Å²) in [7, 11) is 6.87. The topological polar surface area (TPSA) is 78.5 Å². The van der Waals surface area contributed by atoms with Gasteiger partial charge < -0.3 is 15.5 Å². The number of hydrogen-bond donors (Lipinski definition) is 2. The Kier molecular flexibility index (Phi) is 24.3. The number of nitrogens with zero attached hydrogens (tertiary/aromatic N) is 1. The molecule has 0 aromatic carbocycles. The number of carbonyl (C=O) groups excluding carboxylic acids is 3.